The highest BCUT2D eigenvalue weighted by Gasteiger charge is 2.25. The number of aliphatic carboxylic acids is 1. The van der Waals surface area contributed by atoms with Crippen molar-refractivity contribution in [2.24, 2.45) is 5.92 Å². The molecule has 2 heterocycles. The summed E-state index contributed by atoms with van der Waals surface area (Å²) in [5, 5.41) is 12.7. The van der Waals surface area contributed by atoms with Gasteiger partial charge in [-0.3, -0.25) is 9.69 Å². The summed E-state index contributed by atoms with van der Waals surface area (Å²) in [7, 11) is 1.61. The van der Waals surface area contributed by atoms with E-state index in [2.05, 4.69) is 10.1 Å². The highest BCUT2D eigenvalue weighted by atomic mass is 16.5. The summed E-state index contributed by atoms with van der Waals surface area (Å²) in [6.45, 7) is 2.88. The summed E-state index contributed by atoms with van der Waals surface area (Å²) in [5.74, 6) is 0.257. The van der Waals surface area contributed by atoms with E-state index >= 15 is 0 Å². The van der Waals surface area contributed by atoms with Gasteiger partial charge in [0.05, 0.1) is 5.69 Å². The quantitative estimate of drug-likeness (QED) is 0.819. The Morgan fingerprint density at radius 3 is 3.28 bits per heavy atom. The summed E-state index contributed by atoms with van der Waals surface area (Å²) in [6.07, 6.45) is 1.19. The number of hydrogen-bond donors (Lipinski definition) is 1. The first-order chi connectivity index (χ1) is 8.67. The predicted octanol–water partition coefficient (Wildman–Crippen LogP) is 1.12. The van der Waals surface area contributed by atoms with Crippen molar-refractivity contribution in [3.8, 4) is 0 Å². The second-order valence-corrected chi connectivity index (χ2v) is 4.71. The van der Waals surface area contributed by atoms with Gasteiger partial charge in [0.25, 0.3) is 0 Å². The zero-order valence-corrected chi connectivity index (χ0v) is 10.5. The maximum atomic E-state index is 10.6. The summed E-state index contributed by atoms with van der Waals surface area (Å²) >= 11 is 0. The molecular weight excluding hydrogens is 236 g/mol. The lowest BCUT2D eigenvalue weighted by Crippen LogP contribution is -2.21. The third kappa shape index (κ3) is 3.54. The lowest BCUT2D eigenvalue weighted by molar-refractivity contribution is -0.138. The molecule has 0 amide bonds. The van der Waals surface area contributed by atoms with Gasteiger partial charge < -0.3 is 14.4 Å². The molecule has 1 fully saturated rings. The lowest BCUT2D eigenvalue weighted by atomic mass is 10.1. The molecule has 1 unspecified atom stereocenters. The largest absolute Gasteiger partial charge is 0.481 e. The number of likely N-dealkylation sites (tertiary alicyclic amines) is 1. The number of aromatic nitrogens is 1. The highest BCUT2D eigenvalue weighted by molar-refractivity contribution is 5.67. The lowest BCUT2D eigenvalue weighted by Gasteiger charge is -2.13. The first kappa shape index (κ1) is 13.0. The number of carbonyl (C=O) groups is 1. The molecule has 1 aromatic rings. The minimum absolute atomic E-state index is 0.254. The van der Waals surface area contributed by atoms with Crippen LogP contribution in [-0.4, -0.2) is 41.3 Å². The number of ether oxygens (including phenoxy) is 1. The smallest absolute Gasteiger partial charge is 0.303 e. The maximum Gasteiger partial charge on any atom is 0.303 e. The SMILES string of the molecule is COCc1cc(CN2CCC(CC(=O)O)C2)no1. The molecule has 0 aromatic carbocycles. The van der Waals surface area contributed by atoms with Crippen LogP contribution in [0.15, 0.2) is 10.6 Å². The molecule has 6 heteroatoms. The molecule has 18 heavy (non-hydrogen) atoms. The average Bonchev–Trinajstić information content (AvgIpc) is 2.89. The first-order valence-corrected chi connectivity index (χ1v) is 6.05. The number of carboxylic acids is 1. The highest BCUT2D eigenvalue weighted by Crippen LogP contribution is 2.21. The van der Waals surface area contributed by atoms with Crippen molar-refractivity contribution in [2.45, 2.75) is 26.0 Å². The van der Waals surface area contributed by atoms with E-state index in [9.17, 15) is 4.79 Å². The molecular formula is C12H18N2O4. The second-order valence-electron chi connectivity index (χ2n) is 4.71. The summed E-state index contributed by atoms with van der Waals surface area (Å²) in [5.41, 5.74) is 0.873. The van der Waals surface area contributed by atoms with Crippen LogP contribution in [-0.2, 0) is 22.7 Å². The van der Waals surface area contributed by atoms with E-state index in [4.69, 9.17) is 14.4 Å². The van der Waals surface area contributed by atoms with Crippen molar-refractivity contribution in [3.05, 3.63) is 17.5 Å². The topological polar surface area (TPSA) is 75.8 Å². The summed E-state index contributed by atoms with van der Waals surface area (Å²) in [6, 6.07) is 1.88. The van der Waals surface area contributed by atoms with Crippen LogP contribution in [0.5, 0.6) is 0 Å². The molecule has 100 valence electrons. The minimum atomic E-state index is -0.717. The summed E-state index contributed by atoms with van der Waals surface area (Å²) in [4.78, 5) is 12.8. The van der Waals surface area contributed by atoms with Crippen LogP contribution in [0.1, 0.15) is 24.3 Å². The van der Waals surface area contributed by atoms with Gasteiger partial charge in [-0.1, -0.05) is 5.16 Å². The molecule has 1 atom stereocenters. The molecule has 1 aliphatic rings. The van der Waals surface area contributed by atoms with E-state index in [0.29, 0.717) is 18.9 Å². The Hall–Kier alpha value is -1.40. The number of rotatable bonds is 6. The number of carboxylic acid groups (broad SMARTS) is 1. The van der Waals surface area contributed by atoms with Crippen molar-refractivity contribution in [1.29, 1.82) is 0 Å². The number of methoxy groups -OCH3 is 1. The molecule has 0 saturated carbocycles. The van der Waals surface area contributed by atoms with E-state index in [1.807, 2.05) is 6.07 Å². The zero-order valence-electron chi connectivity index (χ0n) is 10.5. The van der Waals surface area contributed by atoms with Gasteiger partial charge in [0.15, 0.2) is 5.76 Å². The Labute approximate surface area is 106 Å². The fraction of sp³-hybridized carbons (Fsp3) is 0.667. The molecule has 2 rings (SSSR count). The zero-order chi connectivity index (χ0) is 13.0. The third-order valence-corrected chi connectivity index (χ3v) is 3.11. The van der Waals surface area contributed by atoms with Gasteiger partial charge in [-0.2, -0.15) is 0 Å². The van der Waals surface area contributed by atoms with Gasteiger partial charge in [-0.05, 0) is 18.9 Å². The van der Waals surface area contributed by atoms with E-state index in [-0.39, 0.29) is 12.3 Å². The van der Waals surface area contributed by atoms with Crippen molar-refractivity contribution < 1.29 is 19.2 Å². The number of hydrogen-bond acceptors (Lipinski definition) is 5. The Kier molecular flexibility index (Phi) is 4.33. The fourth-order valence-corrected chi connectivity index (χ4v) is 2.34. The van der Waals surface area contributed by atoms with Crippen LogP contribution in [0.25, 0.3) is 0 Å². The molecule has 0 spiro atoms. The van der Waals surface area contributed by atoms with Gasteiger partial charge in [0.1, 0.15) is 6.61 Å². The minimum Gasteiger partial charge on any atom is -0.481 e. The Bertz CT molecular complexity index is 405. The molecule has 1 N–H and O–H groups in total. The van der Waals surface area contributed by atoms with Crippen molar-refractivity contribution in [1.82, 2.24) is 10.1 Å². The number of nitrogens with zero attached hydrogens (tertiary/aromatic N) is 2. The van der Waals surface area contributed by atoms with Crippen LogP contribution in [0, 0.1) is 5.92 Å². The molecule has 0 aliphatic carbocycles. The Morgan fingerprint density at radius 2 is 2.56 bits per heavy atom. The van der Waals surface area contributed by atoms with E-state index in [0.717, 1.165) is 25.2 Å². The summed E-state index contributed by atoms with van der Waals surface area (Å²) < 4.78 is 10.1. The molecule has 0 radical (unpaired) electrons. The first-order valence-electron chi connectivity index (χ1n) is 6.05. The van der Waals surface area contributed by atoms with Gasteiger partial charge >= 0.3 is 5.97 Å². The van der Waals surface area contributed by atoms with E-state index in [1.165, 1.54) is 0 Å². The van der Waals surface area contributed by atoms with Crippen LogP contribution in [0.3, 0.4) is 0 Å². The standard InChI is InChI=1S/C12H18N2O4/c1-17-8-11-5-10(13-18-11)7-14-3-2-9(6-14)4-12(15)16/h5,9H,2-4,6-8H2,1H3,(H,15,16). The Morgan fingerprint density at radius 1 is 1.72 bits per heavy atom. The Balaban J connectivity index is 1.81. The molecule has 1 aromatic heterocycles. The van der Waals surface area contributed by atoms with Gasteiger partial charge in [0.2, 0.25) is 0 Å². The van der Waals surface area contributed by atoms with Gasteiger partial charge in [0, 0.05) is 32.7 Å². The van der Waals surface area contributed by atoms with Crippen molar-refractivity contribution in [2.75, 3.05) is 20.2 Å². The van der Waals surface area contributed by atoms with E-state index in [1.54, 1.807) is 7.11 Å². The van der Waals surface area contributed by atoms with Gasteiger partial charge in [-0.25, -0.2) is 0 Å². The molecule has 0 bridgehead atoms. The normalized spacial score (nSPS) is 20.4. The van der Waals surface area contributed by atoms with Crippen LogP contribution in [0.2, 0.25) is 0 Å². The van der Waals surface area contributed by atoms with Crippen molar-refractivity contribution in [3.63, 3.8) is 0 Å². The molecule has 6 nitrogen and oxygen atoms in total. The predicted molar refractivity (Wildman–Crippen MR) is 62.9 cm³/mol. The fourth-order valence-electron chi connectivity index (χ4n) is 2.34. The van der Waals surface area contributed by atoms with E-state index < -0.39 is 5.97 Å². The van der Waals surface area contributed by atoms with Crippen LogP contribution >= 0.6 is 0 Å². The molecule has 1 aliphatic heterocycles. The van der Waals surface area contributed by atoms with Gasteiger partial charge in [-0.15, -0.1) is 0 Å². The maximum absolute atomic E-state index is 10.6. The van der Waals surface area contributed by atoms with Crippen molar-refractivity contribution >= 4 is 5.97 Å². The second kappa shape index (κ2) is 5.97. The third-order valence-electron chi connectivity index (χ3n) is 3.11. The van der Waals surface area contributed by atoms with Crippen LogP contribution < -0.4 is 0 Å². The monoisotopic (exact) mass is 254 g/mol. The van der Waals surface area contributed by atoms with Crippen LogP contribution in [0.4, 0.5) is 0 Å². The average molecular weight is 254 g/mol. The molecule has 1 saturated heterocycles.